The van der Waals surface area contributed by atoms with Gasteiger partial charge in [0.15, 0.2) is 0 Å². The lowest BCUT2D eigenvalue weighted by Crippen LogP contribution is -2.59. The number of nitrogens with one attached hydrogen (secondary N) is 3. The van der Waals surface area contributed by atoms with Crippen molar-refractivity contribution in [1.29, 1.82) is 0 Å². The molecule has 29 heavy (non-hydrogen) atoms. The minimum absolute atomic E-state index is 0.0408. The third-order valence-corrected chi connectivity index (χ3v) is 4.57. The van der Waals surface area contributed by atoms with E-state index < -0.39 is 54.0 Å². The van der Waals surface area contributed by atoms with Gasteiger partial charge in [-0.05, 0) is 25.2 Å². The number of aliphatic hydroxyl groups is 1. The number of amides is 3. The molecule has 0 aromatic rings. The van der Waals surface area contributed by atoms with E-state index >= 15 is 0 Å². The third-order valence-electron chi connectivity index (χ3n) is 4.21. The van der Waals surface area contributed by atoms with Crippen molar-refractivity contribution in [3.05, 3.63) is 0 Å². The van der Waals surface area contributed by atoms with E-state index in [0.29, 0.717) is 0 Å². The summed E-state index contributed by atoms with van der Waals surface area (Å²) in [4.78, 5) is 48.5. The number of aliphatic hydroxyl groups excluding tert-OH is 1. The molecule has 0 heterocycles. The molecule has 0 aromatic heterocycles. The molecule has 0 radical (unpaired) electrons. The fourth-order valence-corrected chi connectivity index (χ4v) is 2.68. The van der Waals surface area contributed by atoms with Crippen molar-refractivity contribution >= 4 is 36.3 Å². The molecule has 3 amide bonds. The Morgan fingerprint density at radius 3 is 1.79 bits per heavy atom. The van der Waals surface area contributed by atoms with Crippen LogP contribution in [0.4, 0.5) is 0 Å². The van der Waals surface area contributed by atoms with Crippen LogP contribution < -0.4 is 21.7 Å². The number of carboxylic acid groups (broad SMARTS) is 1. The van der Waals surface area contributed by atoms with Crippen molar-refractivity contribution in [2.45, 2.75) is 71.3 Å². The maximum Gasteiger partial charge on any atom is 0.326 e. The van der Waals surface area contributed by atoms with Crippen LogP contribution in [0, 0.1) is 11.8 Å². The highest BCUT2D eigenvalue weighted by Gasteiger charge is 2.32. The largest absolute Gasteiger partial charge is 0.480 e. The Kier molecular flexibility index (Phi) is 11.8. The van der Waals surface area contributed by atoms with Gasteiger partial charge in [-0.25, -0.2) is 4.79 Å². The summed E-state index contributed by atoms with van der Waals surface area (Å²) in [7, 11) is 0. The summed E-state index contributed by atoms with van der Waals surface area (Å²) < 4.78 is 0. The molecule has 0 rings (SSSR count). The number of nitrogens with two attached hydrogens (primary N) is 1. The minimum Gasteiger partial charge on any atom is -0.480 e. The van der Waals surface area contributed by atoms with Gasteiger partial charge in [-0.15, -0.1) is 0 Å². The van der Waals surface area contributed by atoms with Crippen LogP contribution in [0.1, 0.15) is 41.0 Å². The van der Waals surface area contributed by atoms with Crippen LogP contribution in [0.5, 0.6) is 0 Å². The maximum absolute atomic E-state index is 12.6. The summed E-state index contributed by atoms with van der Waals surface area (Å²) in [6.45, 7) is 8.39. The van der Waals surface area contributed by atoms with Crippen LogP contribution in [0.2, 0.25) is 0 Å². The van der Waals surface area contributed by atoms with Crippen molar-refractivity contribution in [2.75, 3.05) is 5.75 Å². The van der Waals surface area contributed by atoms with Crippen LogP contribution >= 0.6 is 12.6 Å². The first-order valence-electron chi connectivity index (χ1n) is 9.50. The van der Waals surface area contributed by atoms with Gasteiger partial charge in [0, 0.05) is 5.75 Å². The predicted octanol–water partition coefficient (Wildman–Crippen LogP) is -1.13. The molecule has 0 saturated carbocycles. The summed E-state index contributed by atoms with van der Waals surface area (Å²) >= 11 is 4.06. The van der Waals surface area contributed by atoms with E-state index in [1.54, 1.807) is 13.8 Å². The smallest absolute Gasteiger partial charge is 0.326 e. The Bertz CT molecular complexity index is 585. The molecule has 0 aliphatic carbocycles. The van der Waals surface area contributed by atoms with Crippen LogP contribution in [0.25, 0.3) is 0 Å². The first-order chi connectivity index (χ1) is 13.3. The number of carbonyl (C=O) groups is 4. The summed E-state index contributed by atoms with van der Waals surface area (Å²) in [6.07, 6.45) is -0.869. The Morgan fingerprint density at radius 2 is 1.41 bits per heavy atom. The molecule has 11 heteroatoms. The highest BCUT2D eigenvalue weighted by atomic mass is 32.1. The highest BCUT2D eigenvalue weighted by Crippen LogP contribution is 2.07. The first-order valence-corrected chi connectivity index (χ1v) is 10.1. The Hall–Kier alpha value is -1.85. The topological polar surface area (TPSA) is 171 Å². The van der Waals surface area contributed by atoms with E-state index in [-0.39, 0.29) is 24.0 Å². The molecule has 10 nitrogen and oxygen atoms in total. The van der Waals surface area contributed by atoms with Gasteiger partial charge in [0.05, 0.1) is 6.10 Å². The van der Waals surface area contributed by atoms with E-state index in [9.17, 15) is 29.4 Å². The van der Waals surface area contributed by atoms with E-state index in [1.807, 2.05) is 13.8 Å². The van der Waals surface area contributed by atoms with Crippen LogP contribution in [-0.4, -0.2) is 69.9 Å². The molecule has 5 atom stereocenters. The van der Waals surface area contributed by atoms with E-state index in [4.69, 9.17) is 5.73 Å². The summed E-state index contributed by atoms with van der Waals surface area (Å²) in [6, 6.07) is -4.40. The molecular formula is C18H34N4O6S. The van der Waals surface area contributed by atoms with Gasteiger partial charge < -0.3 is 31.9 Å². The predicted molar refractivity (Wildman–Crippen MR) is 111 cm³/mol. The molecule has 0 aromatic carbocycles. The molecule has 0 saturated heterocycles. The van der Waals surface area contributed by atoms with Crippen molar-refractivity contribution < 1.29 is 29.4 Å². The van der Waals surface area contributed by atoms with Gasteiger partial charge in [-0.3, -0.25) is 14.4 Å². The lowest BCUT2D eigenvalue weighted by molar-refractivity contribution is -0.142. The summed E-state index contributed by atoms with van der Waals surface area (Å²) in [5.41, 5.74) is 5.58. The molecule has 0 bridgehead atoms. The lowest BCUT2D eigenvalue weighted by Gasteiger charge is -2.27. The van der Waals surface area contributed by atoms with Crippen LogP contribution in [0.15, 0.2) is 0 Å². The molecule has 0 aliphatic heterocycles. The number of carbonyl (C=O) groups excluding carboxylic acids is 3. The van der Waals surface area contributed by atoms with Gasteiger partial charge in [-0.1, -0.05) is 27.7 Å². The fourth-order valence-electron chi connectivity index (χ4n) is 2.42. The second kappa shape index (κ2) is 12.7. The monoisotopic (exact) mass is 434 g/mol. The molecule has 0 fully saturated rings. The Labute approximate surface area is 176 Å². The zero-order chi connectivity index (χ0) is 22.9. The Morgan fingerprint density at radius 1 is 0.897 bits per heavy atom. The van der Waals surface area contributed by atoms with Crippen molar-refractivity contribution in [1.82, 2.24) is 16.0 Å². The van der Waals surface area contributed by atoms with Crippen molar-refractivity contribution in [2.24, 2.45) is 17.6 Å². The van der Waals surface area contributed by atoms with Crippen LogP contribution in [-0.2, 0) is 19.2 Å². The molecule has 5 unspecified atom stereocenters. The van der Waals surface area contributed by atoms with Crippen molar-refractivity contribution in [3.8, 4) is 0 Å². The number of aliphatic carboxylic acids is 1. The van der Waals surface area contributed by atoms with Crippen molar-refractivity contribution in [3.63, 3.8) is 0 Å². The molecule has 0 aliphatic rings. The summed E-state index contributed by atoms with van der Waals surface area (Å²) in [5, 5.41) is 26.0. The normalized spacial score (nSPS) is 16.5. The summed E-state index contributed by atoms with van der Waals surface area (Å²) in [5.74, 6) is -3.57. The number of hydrogen-bond donors (Lipinski definition) is 7. The standard InChI is InChI=1S/C18H34N4O6S/c1-8(2)6-11(18(27)28)20-15(24)12(7-29)21-17(26)14(9(3)4)22-16(25)13(19)10(5)23/h8-14,23,29H,6-7,19H2,1-5H3,(H,20,24)(H,21,26)(H,22,25)(H,27,28). The second-order valence-electron chi connectivity index (χ2n) is 7.77. The fraction of sp³-hybridized carbons (Fsp3) is 0.778. The second-order valence-corrected chi connectivity index (χ2v) is 8.13. The average molecular weight is 435 g/mol. The van der Waals surface area contributed by atoms with E-state index in [0.717, 1.165) is 0 Å². The number of carboxylic acids is 1. The zero-order valence-corrected chi connectivity index (χ0v) is 18.4. The minimum atomic E-state index is -1.21. The maximum atomic E-state index is 12.6. The van der Waals surface area contributed by atoms with Gasteiger partial charge in [0.2, 0.25) is 17.7 Å². The van der Waals surface area contributed by atoms with Gasteiger partial charge in [0.25, 0.3) is 0 Å². The number of rotatable bonds is 12. The first kappa shape index (κ1) is 27.1. The molecule has 7 N–H and O–H groups in total. The number of hydrogen-bond acceptors (Lipinski definition) is 7. The quantitative estimate of drug-likeness (QED) is 0.190. The average Bonchev–Trinajstić information content (AvgIpc) is 2.61. The number of thiol groups is 1. The van der Waals surface area contributed by atoms with E-state index in [2.05, 4.69) is 28.6 Å². The Balaban J connectivity index is 5.17. The van der Waals surface area contributed by atoms with E-state index in [1.165, 1.54) is 6.92 Å². The van der Waals surface area contributed by atoms with Gasteiger partial charge in [-0.2, -0.15) is 12.6 Å². The van der Waals surface area contributed by atoms with Gasteiger partial charge >= 0.3 is 5.97 Å². The third kappa shape index (κ3) is 9.46. The zero-order valence-electron chi connectivity index (χ0n) is 17.5. The highest BCUT2D eigenvalue weighted by molar-refractivity contribution is 7.80. The molecule has 168 valence electrons. The van der Waals surface area contributed by atoms with Gasteiger partial charge in [0.1, 0.15) is 24.2 Å². The van der Waals surface area contributed by atoms with Crippen LogP contribution in [0.3, 0.4) is 0 Å². The molecule has 0 spiro atoms. The molecular weight excluding hydrogens is 400 g/mol. The lowest BCUT2D eigenvalue weighted by atomic mass is 10.0. The SMILES string of the molecule is CC(C)CC(NC(=O)C(CS)NC(=O)C(NC(=O)C(N)C(C)O)C(C)C)C(=O)O.